The molecule has 0 spiro atoms. The first-order valence-corrected chi connectivity index (χ1v) is 15.1. The summed E-state index contributed by atoms with van der Waals surface area (Å²) in [4.78, 5) is 0. The second-order valence-corrected chi connectivity index (χ2v) is 13.9. The Balaban J connectivity index is 1.38. The number of hydrogen-bond donors (Lipinski definition) is 0. The zero-order valence-electron chi connectivity index (χ0n) is 19.6. The highest BCUT2D eigenvalue weighted by Gasteiger charge is 2.42. The highest BCUT2D eigenvalue weighted by Crippen LogP contribution is 2.55. The van der Waals surface area contributed by atoms with Gasteiger partial charge in [0, 0.05) is 28.7 Å². The van der Waals surface area contributed by atoms with E-state index in [0.717, 1.165) is 37.2 Å². The predicted molar refractivity (Wildman–Crippen MR) is 161 cm³/mol. The van der Waals surface area contributed by atoms with Crippen LogP contribution in [0.2, 0.25) is 0 Å². The Kier molecular flexibility index (Phi) is 5.99. The summed E-state index contributed by atoms with van der Waals surface area (Å²) >= 11 is 15.0. The van der Waals surface area contributed by atoms with Crippen LogP contribution in [-0.4, -0.2) is 0 Å². The van der Waals surface area contributed by atoms with E-state index in [-0.39, 0.29) is 10.8 Å². The molecule has 4 aromatic rings. The molecule has 0 aliphatic heterocycles. The monoisotopic (exact) mass is 712 g/mol. The minimum absolute atomic E-state index is 0.0204. The maximum atomic E-state index is 3.74. The van der Waals surface area contributed by atoms with Crippen molar-refractivity contribution in [1.82, 2.24) is 0 Å². The Morgan fingerprint density at radius 2 is 0.714 bits per heavy atom. The second kappa shape index (κ2) is 8.68. The van der Waals surface area contributed by atoms with Crippen LogP contribution in [0.1, 0.15) is 55.4 Å². The van der Waals surface area contributed by atoms with Crippen LogP contribution in [0.4, 0.5) is 0 Å². The SMILES string of the molecule is CC1(CCCC2(C)c3cc(Br)ccc3-c3ccc(Br)cc32)c2cc(Br)ccc2-c2ccc(Br)cc21. The van der Waals surface area contributed by atoms with E-state index in [1.54, 1.807) is 0 Å². The van der Waals surface area contributed by atoms with Crippen LogP contribution in [0.3, 0.4) is 0 Å². The van der Waals surface area contributed by atoms with E-state index in [4.69, 9.17) is 0 Å². The molecule has 0 N–H and O–H groups in total. The highest BCUT2D eigenvalue weighted by atomic mass is 79.9. The predicted octanol–water partition coefficient (Wildman–Crippen LogP) is 11.2. The lowest BCUT2D eigenvalue weighted by Crippen LogP contribution is -2.25. The summed E-state index contributed by atoms with van der Waals surface area (Å²) in [7, 11) is 0. The molecule has 35 heavy (non-hydrogen) atoms. The van der Waals surface area contributed by atoms with Gasteiger partial charge in [0.15, 0.2) is 0 Å². The molecule has 2 aliphatic carbocycles. The van der Waals surface area contributed by atoms with Crippen molar-refractivity contribution in [2.75, 3.05) is 0 Å². The van der Waals surface area contributed by atoms with Crippen LogP contribution in [0.25, 0.3) is 22.3 Å². The minimum Gasteiger partial charge on any atom is -0.0529 e. The standard InChI is InChI=1S/C31H24Br4/c1-30(26-14-18(32)4-8-22(26)23-9-5-19(33)15-27(23)30)12-3-13-31(2)28-16-20(34)6-10-24(28)25-11-7-21(35)17-29(25)31/h4-11,14-17H,3,12-13H2,1-2H3. The Labute approximate surface area is 241 Å². The van der Waals surface area contributed by atoms with Gasteiger partial charge in [-0.15, -0.1) is 0 Å². The van der Waals surface area contributed by atoms with Gasteiger partial charge in [0.05, 0.1) is 0 Å². The van der Waals surface area contributed by atoms with Crippen LogP contribution < -0.4 is 0 Å². The fraction of sp³-hybridized carbons (Fsp3) is 0.226. The fourth-order valence-electron chi connectivity index (χ4n) is 6.46. The molecular formula is C31H24Br4. The molecular weight excluding hydrogens is 692 g/mol. The highest BCUT2D eigenvalue weighted by molar-refractivity contribution is 9.11. The lowest BCUT2D eigenvalue weighted by Gasteiger charge is -2.32. The van der Waals surface area contributed by atoms with Crippen LogP contribution in [0.5, 0.6) is 0 Å². The van der Waals surface area contributed by atoms with Crippen molar-refractivity contribution in [2.24, 2.45) is 0 Å². The maximum absolute atomic E-state index is 3.74. The Morgan fingerprint density at radius 3 is 0.971 bits per heavy atom. The van der Waals surface area contributed by atoms with Crippen molar-refractivity contribution >= 4 is 63.7 Å². The number of fused-ring (bicyclic) bond motifs is 6. The lowest BCUT2D eigenvalue weighted by atomic mass is 9.71. The molecule has 0 heterocycles. The summed E-state index contributed by atoms with van der Waals surface area (Å²) in [5.74, 6) is 0. The van der Waals surface area contributed by atoms with Crippen molar-refractivity contribution in [3.8, 4) is 22.3 Å². The summed E-state index contributed by atoms with van der Waals surface area (Å²) in [6.45, 7) is 4.87. The third kappa shape index (κ3) is 3.77. The summed E-state index contributed by atoms with van der Waals surface area (Å²) in [5, 5.41) is 0. The van der Waals surface area contributed by atoms with E-state index < -0.39 is 0 Å². The van der Waals surface area contributed by atoms with Crippen molar-refractivity contribution in [3.63, 3.8) is 0 Å². The fourth-order valence-corrected chi connectivity index (χ4v) is 7.90. The summed E-state index contributed by atoms with van der Waals surface area (Å²) in [6, 6.07) is 27.1. The summed E-state index contributed by atoms with van der Waals surface area (Å²) in [5.41, 5.74) is 11.2. The van der Waals surface area contributed by atoms with Crippen LogP contribution >= 0.6 is 63.7 Å². The molecule has 0 atom stereocenters. The number of benzene rings is 4. The quantitative estimate of drug-likeness (QED) is 0.197. The third-order valence-corrected chi connectivity index (χ3v) is 10.2. The number of halogens is 4. The van der Waals surface area contributed by atoms with Gasteiger partial charge in [0.25, 0.3) is 0 Å². The first-order valence-electron chi connectivity index (χ1n) is 11.9. The topological polar surface area (TPSA) is 0 Å². The second-order valence-electron chi connectivity index (χ2n) is 10.3. The molecule has 0 fully saturated rings. The van der Waals surface area contributed by atoms with Crippen LogP contribution in [-0.2, 0) is 10.8 Å². The normalized spacial score (nSPS) is 15.9. The third-order valence-electron chi connectivity index (χ3n) is 8.24. The van der Waals surface area contributed by atoms with Gasteiger partial charge in [-0.3, -0.25) is 0 Å². The van der Waals surface area contributed by atoms with Crippen LogP contribution in [0, 0.1) is 0 Å². The van der Waals surface area contributed by atoms with Crippen molar-refractivity contribution in [2.45, 2.75) is 43.9 Å². The Bertz CT molecular complexity index is 1280. The molecule has 0 amide bonds. The van der Waals surface area contributed by atoms with E-state index in [9.17, 15) is 0 Å². The van der Waals surface area contributed by atoms with Crippen molar-refractivity contribution in [3.05, 3.63) is 113 Å². The number of rotatable bonds is 4. The Morgan fingerprint density at radius 1 is 0.457 bits per heavy atom. The molecule has 0 bridgehead atoms. The first kappa shape index (κ1) is 24.2. The van der Waals surface area contributed by atoms with Gasteiger partial charge in [-0.05, 0) is 106 Å². The van der Waals surface area contributed by atoms with Gasteiger partial charge in [0.2, 0.25) is 0 Å². The summed E-state index contributed by atoms with van der Waals surface area (Å²) in [6.07, 6.45) is 3.33. The van der Waals surface area contributed by atoms with Crippen LogP contribution in [0.15, 0.2) is 90.7 Å². The van der Waals surface area contributed by atoms with Gasteiger partial charge in [-0.2, -0.15) is 0 Å². The molecule has 0 saturated heterocycles. The van der Waals surface area contributed by atoms with Crippen molar-refractivity contribution < 1.29 is 0 Å². The van der Waals surface area contributed by atoms with E-state index in [1.165, 1.54) is 44.5 Å². The molecule has 0 nitrogen and oxygen atoms in total. The number of hydrogen-bond acceptors (Lipinski definition) is 0. The largest absolute Gasteiger partial charge is 0.0529 e. The molecule has 176 valence electrons. The molecule has 2 aliphatic rings. The first-order chi connectivity index (χ1) is 16.7. The molecule has 0 aromatic heterocycles. The van der Waals surface area contributed by atoms with E-state index in [0.29, 0.717) is 0 Å². The zero-order chi connectivity index (χ0) is 24.5. The maximum Gasteiger partial charge on any atom is 0.0187 e. The molecule has 4 heteroatoms. The lowest BCUT2D eigenvalue weighted by molar-refractivity contribution is 0.435. The van der Waals surface area contributed by atoms with Gasteiger partial charge in [0.1, 0.15) is 0 Å². The van der Waals surface area contributed by atoms with Gasteiger partial charge in [-0.25, -0.2) is 0 Å². The van der Waals surface area contributed by atoms with Gasteiger partial charge >= 0.3 is 0 Å². The molecule has 0 unspecified atom stereocenters. The summed E-state index contributed by atoms with van der Waals surface area (Å²) < 4.78 is 4.59. The molecule has 4 aromatic carbocycles. The van der Waals surface area contributed by atoms with Crippen molar-refractivity contribution in [1.29, 1.82) is 0 Å². The average molecular weight is 716 g/mol. The zero-order valence-corrected chi connectivity index (χ0v) is 25.9. The molecule has 0 radical (unpaired) electrons. The molecule has 6 rings (SSSR count). The van der Waals surface area contributed by atoms with E-state index in [2.05, 4.69) is 150 Å². The van der Waals surface area contributed by atoms with Gasteiger partial charge in [-0.1, -0.05) is 108 Å². The average Bonchev–Trinajstić information content (AvgIpc) is 3.20. The molecule has 0 saturated carbocycles. The Hall–Kier alpha value is -1.20. The smallest absolute Gasteiger partial charge is 0.0187 e. The van der Waals surface area contributed by atoms with Gasteiger partial charge < -0.3 is 0 Å². The van der Waals surface area contributed by atoms with E-state index >= 15 is 0 Å². The minimum atomic E-state index is -0.0204. The van der Waals surface area contributed by atoms with E-state index in [1.807, 2.05) is 0 Å².